The molecule has 3 nitrogen and oxygen atoms in total. The Bertz CT molecular complexity index is 161. The molecule has 0 heterocycles. The molecule has 0 aromatic heterocycles. The summed E-state index contributed by atoms with van der Waals surface area (Å²) in [5.41, 5.74) is 5.81. The molecule has 0 radical (unpaired) electrons. The summed E-state index contributed by atoms with van der Waals surface area (Å²) in [4.78, 5) is 12.7. The molecule has 0 atom stereocenters. The van der Waals surface area contributed by atoms with Crippen molar-refractivity contribution in [2.45, 2.75) is 13.3 Å². The molecule has 0 aromatic carbocycles. The van der Waals surface area contributed by atoms with Crippen LogP contribution in [0, 0.1) is 0 Å². The van der Waals surface area contributed by atoms with Crippen molar-refractivity contribution < 1.29 is 4.79 Å². The van der Waals surface area contributed by atoms with E-state index < -0.39 is 0 Å². The average Bonchev–Trinajstić information content (AvgIpc) is 1.87. The molecule has 0 aliphatic heterocycles. The second kappa shape index (κ2) is 4.91. The molecule has 1 amide bonds. The van der Waals surface area contributed by atoms with Crippen molar-refractivity contribution >= 4 is 5.91 Å². The third-order valence-corrected chi connectivity index (χ3v) is 1.49. The molecule has 0 aliphatic rings. The maximum Gasteiger partial charge on any atom is 0.244 e. The number of carbonyl (C=O) groups is 1. The molecule has 0 rings (SSSR count). The van der Waals surface area contributed by atoms with E-state index in [9.17, 15) is 4.79 Å². The molecule has 0 unspecified atom stereocenters. The van der Waals surface area contributed by atoms with E-state index in [0.29, 0.717) is 5.57 Å². The van der Waals surface area contributed by atoms with E-state index >= 15 is 0 Å². The quantitative estimate of drug-likeness (QED) is 0.598. The number of nitrogens with zero attached hydrogens (tertiary/aromatic N) is 1. The van der Waals surface area contributed by atoms with Crippen molar-refractivity contribution in [2.75, 3.05) is 20.6 Å². The summed E-state index contributed by atoms with van der Waals surface area (Å²) in [5.74, 6) is -0.311. The van der Waals surface area contributed by atoms with Gasteiger partial charge in [0.15, 0.2) is 0 Å². The predicted octanol–water partition coefficient (Wildman–Crippen LogP) is 0.370. The highest BCUT2D eigenvalue weighted by Crippen LogP contribution is 1.99. The smallest absolute Gasteiger partial charge is 0.244 e. The fraction of sp³-hybridized carbons (Fsp3) is 0.625. The Balaban J connectivity index is 3.82. The van der Waals surface area contributed by atoms with Crippen LogP contribution in [0.4, 0.5) is 0 Å². The number of rotatable bonds is 4. The normalized spacial score (nSPS) is 12.2. The number of amides is 1. The number of nitrogens with two attached hydrogens (primary N) is 1. The van der Waals surface area contributed by atoms with Gasteiger partial charge in [-0.05, 0) is 27.4 Å². The molecule has 0 saturated heterocycles. The van der Waals surface area contributed by atoms with Crippen LogP contribution in [-0.4, -0.2) is 31.4 Å². The minimum absolute atomic E-state index is 0.311. The van der Waals surface area contributed by atoms with E-state index in [0.717, 1.165) is 13.0 Å². The van der Waals surface area contributed by atoms with Crippen LogP contribution < -0.4 is 5.73 Å². The average molecular weight is 156 g/mol. The fourth-order valence-corrected chi connectivity index (χ4v) is 0.754. The van der Waals surface area contributed by atoms with E-state index in [1.165, 1.54) is 0 Å². The molecule has 0 fully saturated rings. The lowest BCUT2D eigenvalue weighted by molar-refractivity contribution is -0.114. The van der Waals surface area contributed by atoms with Crippen molar-refractivity contribution in [3.8, 4) is 0 Å². The monoisotopic (exact) mass is 156 g/mol. The van der Waals surface area contributed by atoms with E-state index in [2.05, 4.69) is 0 Å². The van der Waals surface area contributed by atoms with Crippen LogP contribution in [0.25, 0.3) is 0 Å². The molecule has 0 aliphatic carbocycles. The van der Waals surface area contributed by atoms with Crippen LogP contribution >= 0.6 is 0 Å². The highest BCUT2D eigenvalue weighted by molar-refractivity contribution is 5.91. The fourth-order valence-electron chi connectivity index (χ4n) is 0.754. The Hall–Kier alpha value is -0.830. The van der Waals surface area contributed by atoms with Gasteiger partial charge in [0.1, 0.15) is 0 Å². The summed E-state index contributed by atoms with van der Waals surface area (Å²) in [7, 11) is 3.93. The van der Waals surface area contributed by atoms with Gasteiger partial charge in [0.05, 0.1) is 0 Å². The maximum absolute atomic E-state index is 10.7. The number of allylic oxidation sites excluding steroid dienone is 1. The highest BCUT2D eigenvalue weighted by Gasteiger charge is 2.02. The maximum atomic E-state index is 10.7. The summed E-state index contributed by atoms with van der Waals surface area (Å²) >= 11 is 0. The van der Waals surface area contributed by atoms with Gasteiger partial charge in [-0.3, -0.25) is 4.79 Å². The van der Waals surface area contributed by atoms with E-state index in [-0.39, 0.29) is 5.91 Å². The molecule has 3 heteroatoms. The van der Waals surface area contributed by atoms with Crippen LogP contribution in [0.15, 0.2) is 11.6 Å². The largest absolute Gasteiger partial charge is 0.366 e. The van der Waals surface area contributed by atoms with Crippen LogP contribution in [0.1, 0.15) is 13.3 Å². The first kappa shape index (κ1) is 10.2. The van der Waals surface area contributed by atoms with E-state index in [4.69, 9.17) is 5.73 Å². The lowest BCUT2D eigenvalue weighted by Gasteiger charge is -2.09. The van der Waals surface area contributed by atoms with Gasteiger partial charge in [0.2, 0.25) is 5.91 Å². The third kappa shape index (κ3) is 4.56. The van der Waals surface area contributed by atoms with Crippen LogP contribution in [0.5, 0.6) is 0 Å². The Morgan fingerprint density at radius 1 is 1.55 bits per heavy atom. The summed E-state index contributed by atoms with van der Waals surface area (Å²) in [5, 5.41) is 0. The zero-order chi connectivity index (χ0) is 8.85. The molecule has 2 N–H and O–H groups in total. The first-order chi connectivity index (χ1) is 5.07. The first-order valence-corrected chi connectivity index (χ1v) is 3.67. The van der Waals surface area contributed by atoms with Crippen LogP contribution in [0.2, 0.25) is 0 Å². The molecule has 0 spiro atoms. The zero-order valence-electron chi connectivity index (χ0n) is 7.42. The Kier molecular flexibility index (Phi) is 4.54. The molecule has 0 bridgehead atoms. The molecule has 11 heavy (non-hydrogen) atoms. The molecule has 0 aromatic rings. The van der Waals surface area contributed by atoms with Gasteiger partial charge in [-0.15, -0.1) is 0 Å². The van der Waals surface area contributed by atoms with Gasteiger partial charge in [0, 0.05) is 12.1 Å². The van der Waals surface area contributed by atoms with Gasteiger partial charge in [0.25, 0.3) is 0 Å². The molecular weight excluding hydrogens is 140 g/mol. The lowest BCUT2D eigenvalue weighted by atomic mass is 10.1. The van der Waals surface area contributed by atoms with Crippen LogP contribution in [-0.2, 0) is 4.79 Å². The number of primary amides is 1. The summed E-state index contributed by atoms with van der Waals surface area (Å²) in [6, 6.07) is 0. The van der Waals surface area contributed by atoms with Crippen LogP contribution in [0.3, 0.4) is 0 Å². The van der Waals surface area contributed by atoms with Crippen molar-refractivity contribution in [1.82, 2.24) is 4.90 Å². The summed E-state index contributed by atoms with van der Waals surface area (Å²) < 4.78 is 0. The highest BCUT2D eigenvalue weighted by atomic mass is 16.1. The van der Waals surface area contributed by atoms with E-state index in [1.807, 2.05) is 25.9 Å². The summed E-state index contributed by atoms with van der Waals surface area (Å²) in [6.45, 7) is 2.69. The third-order valence-electron chi connectivity index (χ3n) is 1.49. The van der Waals surface area contributed by atoms with Gasteiger partial charge in [-0.2, -0.15) is 0 Å². The second-order valence-corrected chi connectivity index (χ2v) is 2.73. The van der Waals surface area contributed by atoms with Gasteiger partial charge in [-0.1, -0.05) is 6.08 Å². The minimum Gasteiger partial charge on any atom is -0.366 e. The standard InChI is InChI=1S/C8H16N2O/c1-4-7(8(9)11)5-6-10(2)3/h4H,5-6H2,1-3H3,(H2,9,11)/b7-4+. The number of carbonyl (C=O) groups excluding carboxylic acids is 1. The van der Waals surface area contributed by atoms with Gasteiger partial charge >= 0.3 is 0 Å². The van der Waals surface area contributed by atoms with Crippen molar-refractivity contribution in [2.24, 2.45) is 5.73 Å². The zero-order valence-corrected chi connectivity index (χ0v) is 7.42. The van der Waals surface area contributed by atoms with Crippen molar-refractivity contribution in [1.29, 1.82) is 0 Å². The predicted molar refractivity (Wildman–Crippen MR) is 46.1 cm³/mol. The Morgan fingerprint density at radius 3 is 2.36 bits per heavy atom. The lowest BCUT2D eigenvalue weighted by Crippen LogP contribution is -2.19. The second-order valence-electron chi connectivity index (χ2n) is 2.73. The Morgan fingerprint density at radius 2 is 2.09 bits per heavy atom. The molecule has 0 saturated carbocycles. The number of hydrogen-bond acceptors (Lipinski definition) is 2. The topological polar surface area (TPSA) is 46.3 Å². The Labute approximate surface area is 67.9 Å². The number of hydrogen-bond donors (Lipinski definition) is 1. The minimum atomic E-state index is -0.311. The van der Waals surface area contributed by atoms with Crippen molar-refractivity contribution in [3.63, 3.8) is 0 Å². The SMILES string of the molecule is C/C=C(\CCN(C)C)C(N)=O. The molecule has 64 valence electrons. The first-order valence-electron chi connectivity index (χ1n) is 3.67. The molecular formula is C8H16N2O. The summed E-state index contributed by atoms with van der Waals surface area (Å²) in [6.07, 6.45) is 2.50. The van der Waals surface area contributed by atoms with Crippen molar-refractivity contribution in [3.05, 3.63) is 11.6 Å². The van der Waals surface area contributed by atoms with Gasteiger partial charge in [-0.25, -0.2) is 0 Å². The van der Waals surface area contributed by atoms with E-state index in [1.54, 1.807) is 6.08 Å². The van der Waals surface area contributed by atoms with Gasteiger partial charge < -0.3 is 10.6 Å².